The van der Waals surface area contributed by atoms with Crippen LogP contribution in [0.2, 0.25) is 0 Å². The molecule has 0 radical (unpaired) electrons. The molecule has 172 valence electrons. The second-order valence-electron chi connectivity index (χ2n) is 9.52. The third-order valence-electron chi connectivity index (χ3n) is 6.23. The molecule has 1 fully saturated rings. The third-order valence-corrected chi connectivity index (χ3v) is 6.23. The van der Waals surface area contributed by atoms with Gasteiger partial charge in [-0.25, -0.2) is 0 Å². The molecule has 2 heterocycles. The predicted molar refractivity (Wildman–Crippen MR) is 118 cm³/mol. The monoisotopic (exact) mass is 448 g/mol. The normalized spacial score (nSPS) is 16.9. The van der Waals surface area contributed by atoms with Crippen LogP contribution in [0.25, 0.3) is 10.9 Å². The second-order valence-corrected chi connectivity index (χ2v) is 9.52. The number of carbonyl (C=O) groups is 1. The molecule has 2 aliphatic rings. The zero-order chi connectivity index (χ0) is 22.9. The first-order valence-corrected chi connectivity index (χ1v) is 10.4. The second kappa shape index (κ2) is 6.67. The maximum absolute atomic E-state index is 13.9. The van der Waals surface area contributed by atoms with Gasteiger partial charge in [-0.15, -0.1) is 0 Å². The van der Waals surface area contributed by atoms with Crippen LogP contribution in [0.1, 0.15) is 53.3 Å². The van der Waals surface area contributed by atoms with E-state index in [1.54, 1.807) is 18.2 Å². The lowest BCUT2D eigenvalue weighted by Gasteiger charge is -2.19. The van der Waals surface area contributed by atoms with Gasteiger partial charge in [0.25, 0.3) is 0 Å². The largest absolute Gasteiger partial charge is 0.454 e. The van der Waals surface area contributed by atoms with Crippen molar-refractivity contribution in [3.63, 3.8) is 0 Å². The van der Waals surface area contributed by atoms with Crippen molar-refractivity contribution in [3.05, 3.63) is 53.2 Å². The maximum Gasteiger partial charge on any atom is 0.418 e. The van der Waals surface area contributed by atoms with Crippen molar-refractivity contribution in [1.82, 2.24) is 4.98 Å². The summed E-state index contributed by atoms with van der Waals surface area (Å²) in [4.78, 5) is 16.3. The SMILES string of the molecule is CC(C)(C)c1cc2cc(NC(=O)C3(c4ccc5c(c4)OCO5)CC3)c(C(F)(F)F)cc2[nH]1.[HH].[HH]. The molecule has 2 aromatic carbocycles. The van der Waals surface area contributed by atoms with Crippen molar-refractivity contribution in [3.8, 4) is 11.5 Å². The van der Waals surface area contributed by atoms with Gasteiger partial charge in [-0.05, 0) is 48.7 Å². The summed E-state index contributed by atoms with van der Waals surface area (Å²) < 4.78 is 52.3. The number of hydrogen-bond donors (Lipinski definition) is 2. The molecule has 1 amide bonds. The molecule has 0 spiro atoms. The number of ether oxygens (including phenoxy) is 2. The van der Waals surface area contributed by atoms with Crippen LogP contribution in [0.3, 0.4) is 0 Å². The molecule has 5 rings (SSSR count). The maximum atomic E-state index is 13.9. The van der Waals surface area contributed by atoms with Crippen LogP contribution in [-0.4, -0.2) is 17.7 Å². The van der Waals surface area contributed by atoms with E-state index in [0.717, 1.165) is 11.8 Å². The van der Waals surface area contributed by atoms with Gasteiger partial charge in [-0.3, -0.25) is 4.79 Å². The fourth-order valence-electron chi connectivity index (χ4n) is 4.13. The minimum absolute atomic E-state index is 0. The number of rotatable bonds is 3. The van der Waals surface area contributed by atoms with Crippen molar-refractivity contribution in [1.29, 1.82) is 0 Å². The molecule has 1 aromatic heterocycles. The minimum Gasteiger partial charge on any atom is -0.454 e. The molecular formula is C24H27F3N2O3. The first-order valence-electron chi connectivity index (χ1n) is 10.4. The molecule has 0 bridgehead atoms. The van der Waals surface area contributed by atoms with Gasteiger partial charge in [-0.2, -0.15) is 13.2 Å². The molecule has 1 aliphatic heterocycles. The number of benzene rings is 2. The molecule has 1 aliphatic carbocycles. The lowest BCUT2D eigenvalue weighted by molar-refractivity contribution is -0.136. The molecule has 2 N–H and O–H groups in total. The Kier molecular flexibility index (Phi) is 4.32. The lowest BCUT2D eigenvalue weighted by atomic mass is 9.92. The number of anilines is 1. The Hall–Kier alpha value is -3.16. The van der Waals surface area contributed by atoms with Gasteiger partial charge in [0, 0.05) is 24.9 Å². The Morgan fingerprint density at radius 2 is 1.78 bits per heavy atom. The number of H-pyrrole nitrogens is 1. The van der Waals surface area contributed by atoms with Crippen molar-refractivity contribution in [2.24, 2.45) is 0 Å². The number of aromatic nitrogens is 1. The number of fused-ring (bicyclic) bond motifs is 2. The fraction of sp³-hybridized carbons (Fsp3) is 0.375. The van der Waals surface area contributed by atoms with E-state index in [-0.39, 0.29) is 20.7 Å². The Morgan fingerprint density at radius 1 is 1.06 bits per heavy atom. The van der Waals surface area contributed by atoms with E-state index in [1.165, 1.54) is 6.07 Å². The van der Waals surface area contributed by atoms with Crippen molar-refractivity contribution in [2.45, 2.75) is 50.6 Å². The summed E-state index contributed by atoms with van der Waals surface area (Å²) >= 11 is 0. The number of aromatic amines is 1. The minimum atomic E-state index is -4.61. The molecule has 5 nitrogen and oxygen atoms in total. The summed E-state index contributed by atoms with van der Waals surface area (Å²) in [5.74, 6) is 0.686. The highest BCUT2D eigenvalue weighted by atomic mass is 19.4. The Morgan fingerprint density at radius 3 is 2.44 bits per heavy atom. The van der Waals surface area contributed by atoms with Crippen LogP contribution in [0, 0.1) is 0 Å². The van der Waals surface area contributed by atoms with Gasteiger partial charge in [0.2, 0.25) is 12.7 Å². The number of hydrogen-bond acceptors (Lipinski definition) is 3. The highest BCUT2D eigenvalue weighted by Crippen LogP contribution is 2.51. The molecule has 32 heavy (non-hydrogen) atoms. The summed E-state index contributed by atoms with van der Waals surface area (Å²) in [5, 5.41) is 3.20. The quantitative estimate of drug-likeness (QED) is 0.489. The van der Waals surface area contributed by atoms with E-state index in [0.29, 0.717) is 40.8 Å². The Bertz CT molecular complexity index is 1240. The van der Waals surface area contributed by atoms with Gasteiger partial charge in [0.1, 0.15) is 0 Å². The predicted octanol–water partition coefficient (Wildman–Crippen LogP) is 6.38. The fourth-order valence-corrected chi connectivity index (χ4v) is 4.13. The summed E-state index contributed by atoms with van der Waals surface area (Å²) in [6, 6.07) is 9.54. The van der Waals surface area contributed by atoms with Crippen LogP contribution in [0.15, 0.2) is 36.4 Å². The number of nitrogens with one attached hydrogen (secondary N) is 2. The summed E-state index contributed by atoms with van der Waals surface area (Å²) in [6.07, 6.45) is -3.50. The first kappa shape index (κ1) is 20.7. The topological polar surface area (TPSA) is 63.4 Å². The molecule has 8 heteroatoms. The van der Waals surface area contributed by atoms with Gasteiger partial charge in [0.05, 0.1) is 16.7 Å². The smallest absolute Gasteiger partial charge is 0.418 e. The molecule has 0 atom stereocenters. The van der Waals surface area contributed by atoms with Crippen LogP contribution >= 0.6 is 0 Å². The molecule has 3 aromatic rings. The van der Waals surface area contributed by atoms with E-state index in [4.69, 9.17) is 9.47 Å². The molecule has 0 saturated heterocycles. The number of alkyl halides is 3. The van der Waals surface area contributed by atoms with Crippen LogP contribution in [0.4, 0.5) is 18.9 Å². The Balaban J connectivity index is 0.00000162. The van der Waals surface area contributed by atoms with E-state index in [2.05, 4.69) is 10.3 Å². The standard InChI is InChI=1S/C24H23F3N2O3.2H2/c1-22(2,3)20-9-13-8-17(15(24(25,26)27)11-16(13)28-20)29-21(30)23(6-7-23)14-4-5-18-19(10-14)32-12-31-18;;/h4-5,8-11,28H,6-7,12H2,1-3H3,(H,29,30);2*1H. The number of halogens is 3. The Labute approximate surface area is 185 Å². The van der Waals surface area contributed by atoms with Crippen LogP contribution in [0.5, 0.6) is 11.5 Å². The van der Waals surface area contributed by atoms with Gasteiger partial charge in [0.15, 0.2) is 11.5 Å². The lowest BCUT2D eigenvalue weighted by Crippen LogP contribution is -2.29. The van der Waals surface area contributed by atoms with E-state index in [9.17, 15) is 18.0 Å². The summed E-state index contributed by atoms with van der Waals surface area (Å²) in [5.41, 5.74) is -0.305. The zero-order valence-corrected chi connectivity index (χ0v) is 17.9. The molecule has 1 saturated carbocycles. The van der Waals surface area contributed by atoms with Crippen molar-refractivity contribution in [2.75, 3.05) is 12.1 Å². The van der Waals surface area contributed by atoms with Gasteiger partial charge in [-0.1, -0.05) is 26.8 Å². The molecular weight excluding hydrogens is 421 g/mol. The zero-order valence-electron chi connectivity index (χ0n) is 17.9. The van der Waals surface area contributed by atoms with Crippen LogP contribution < -0.4 is 14.8 Å². The van der Waals surface area contributed by atoms with Crippen LogP contribution in [-0.2, 0) is 21.8 Å². The average Bonchev–Trinajstić information content (AvgIpc) is 3.18. The van der Waals surface area contributed by atoms with E-state index < -0.39 is 23.1 Å². The highest BCUT2D eigenvalue weighted by molar-refractivity contribution is 6.03. The third kappa shape index (κ3) is 3.38. The van der Waals surface area contributed by atoms with Gasteiger partial charge < -0.3 is 19.8 Å². The summed E-state index contributed by atoms with van der Waals surface area (Å²) in [6.45, 7) is 6.05. The highest BCUT2D eigenvalue weighted by Gasteiger charge is 2.52. The summed E-state index contributed by atoms with van der Waals surface area (Å²) in [7, 11) is 0. The molecule has 0 unspecified atom stereocenters. The van der Waals surface area contributed by atoms with E-state index in [1.807, 2.05) is 26.8 Å². The van der Waals surface area contributed by atoms with E-state index >= 15 is 0 Å². The van der Waals surface area contributed by atoms with Crippen molar-refractivity contribution >= 4 is 22.5 Å². The average molecular weight is 448 g/mol. The van der Waals surface area contributed by atoms with Crippen molar-refractivity contribution < 1.29 is 30.3 Å². The number of amides is 1. The first-order chi connectivity index (χ1) is 15.0. The number of carbonyl (C=O) groups excluding carboxylic acids is 1. The van der Waals surface area contributed by atoms with Gasteiger partial charge >= 0.3 is 6.18 Å².